The summed E-state index contributed by atoms with van der Waals surface area (Å²) in [4.78, 5) is 17.2. The minimum Gasteiger partial charge on any atom is -0.618 e. The van der Waals surface area contributed by atoms with E-state index in [4.69, 9.17) is 4.42 Å². The maximum Gasteiger partial charge on any atom is 0.277 e. The number of nitrogens with one attached hydrogen (secondary N) is 1. The molecule has 2 aromatic heterocycles. The van der Waals surface area contributed by atoms with Crippen LogP contribution >= 0.6 is 15.9 Å². The van der Waals surface area contributed by atoms with Crippen molar-refractivity contribution in [2.75, 3.05) is 0 Å². The second-order valence-electron chi connectivity index (χ2n) is 6.30. The lowest BCUT2D eigenvalue weighted by atomic mass is 10.2. The van der Waals surface area contributed by atoms with Crippen molar-refractivity contribution in [3.8, 4) is 0 Å². The zero-order valence-electron chi connectivity index (χ0n) is 14.7. The summed E-state index contributed by atoms with van der Waals surface area (Å²) in [5.41, 5.74) is 1.99. The smallest absolute Gasteiger partial charge is 0.277 e. The van der Waals surface area contributed by atoms with Gasteiger partial charge in [0.15, 0.2) is 5.69 Å². The molecule has 0 bridgehead atoms. The van der Waals surface area contributed by atoms with Crippen LogP contribution in [0.15, 0.2) is 57.4 Å². The monoisotopic (exact) mass is 425 g/mol. The summed E-state index contributed by atoms with van der Waals surface area (Å²) in [5.74, 6) is 0.181. The molecule has 136 valence electrons. The van der Waals surface area contributed by atoms with Crippen molar-refractivity contribution >= 4 is 43.8 Å². The molecule has 2 heterocycles. The first-order valence-corrected chi connectivity index (χ1v) is 9.23. The average Bonchev–Trinajstić information content (AvgIpc) is 3.02. The number of para-hydroxylation sites is 3. The Balaban J connectivity index is 1.68. The highest BCUT2D eigenvalue weighted by Gasteiger charge is 2.25. The second-order valence-corrected chi connectivity index (χ2v) is 7.09. The summed E-state index contributed by atoms with van der Waals surface area (Å²) in [5, 5.41) is 16.3. The summed E-state index contributed by atoms with van der Waals surface area (Å²) in [6.45, 7) is 3.41. The Hall–Kier alpha value is -2.93. The zero-order valence-corrected chi connectivity index (χ0v) is 16.3. The van der Waals surface area contributed by atoms with Crippen molar-refractivity contribution in [1.29, 1.82) is 0 Å². The van der Waals surface area contributed by atoms with Gasteiger partial charge in [0.25, 0.3) is 5.91 Å². The molecular weight excluding hydrogens is 410 g/mol. The van der Waals surface area contributed by atoms with Gasteiger partial charge in [-0.3, -0.25) is 4.79 Å². The summed E-state index contributed by atoms with van der Waals surface area (Å²) in [6, 6.07) is 14.1. The van der Waals surface area contributed by atoms with E-state index in [2.05, 4.69) is 26.2 Å². The van der Waals surface area contributed by atoms with Crippen LogP contribution in [-0.2, 0) is 0 Å². The van der Waals surface area contributed by atoms with E-state index in [1.807, 2.05) is 31.2 Å². The predicted molar refractivity (Wildman–Crippen MR) is 105 cm³/mol. The Morgan fingerprint density at radius 3 is 2.70 bits per heavy atom. The van der Waals surface area contributed by atoms with Crippen molar-refractivity contribution in [3.05, 3.63) is 75.4 Å². The van der Waals surface area contributed by atoms with Gasteiger partial charge in [-0.2, -0.15) is 4.73 Å². The van der Waals surface area contributed by atoms with Gasteiger partial charge in [0.2, 0.25) is 11.2 Å². The minimum atomic E-state index is -0.428. The molecular formula is C20H16BrN3O3. The maximum absolute atomic E-state index is 12.8. The molecule has 7 heteroatoms. The molecule has 0 aliphatic rings. The van der Waals surface area contributed by atoms with Crippen LogP contribution in [0.25, 0.3) is 22.0 Å². The fourth-order valence-corrected chi connectivity index (χ4v) is 3.82. The molecule has 0 saturated heterocycles. The van der Waals surface area contributed by atoms with E-state index < -0.39 is 11.9 Å². The fourth-order valence-electron chi connectivity index (χ4n) is 3.07. The van der Waals surface area contributed by atoms with E-state index in [0.29, 0.717) is 16.8 Å². The summed E-state index contributed by atoms with van der Waals surface area (Å²) < 4.78 is 7.41. The molecule has 1 amide bonds. The van der Waals surface area contributed by atoms with Crippen LogP contribution in [0, 0.1) is 12.1 Å². The lowest BCUT2D eigenvalue weighted by Gasteiger charge is -2.13. The third-order valence-corrected chi connectivity index (χ3v) is 5.31. The van der Waals surface area contributed by atoms with Gasteiger partial charge >= 0.3 is 0 Å². The first-order chi connectivity index (χ1) is 13.0. The standard InChI is InChI=1S/C20H16BrN3O3/c1-11(19-17(21)13-7-3-6-10-16(13)27-19)22-20(25)18-12(2)24(26)15-9-5-4-8-14(15)23-18/h3-11H,1-2H3,(H,22,25). The van der Waals surface area contributed by atoms with E-state index in [1.165, 1.54) is 0 Å². The van der Waals surface area contributed by atoms with Crippen LogP contribution in [0.2, 0.25) is 0 Å². The van der Waals surface area contributed by atoms with Gasteiger partial charge in [0.1, 0.15) is 16.9 Å². The fraction of sp³-hybridized carbons (Fsp3) is 0.150. The van der Waals surface area contributed by atoms with Crippen LogP contribution in [0.5, 0.6) is 0 Å². The molecule has 1 unspecified atom stereocenters. The largest absolute Gasteiger partial charge is 0.618 e. The third kappa shape index (κ3) is 2.94. The first kappa shape index (κ1) is 17.5. The highest BCUT2D eigenvalue weighted by molar-refractivity contribution is 9.10. The molecule has 0 radical (unpaired) electrons. The lowest BCUT2D eigenvalue weighted by Crippen LogP contribution is -2.37. The zero-order chi connectivity index (χ0) is 19.1. The molecule has 0 aliphatic heterocycles. The molecule has 1 atom stereocenters. The van der Waals surface area contributed by atoms with Gasteiger partial charge < -0.3 is 14.9 Å². The molecule has 27 heavy (non-hydrogen) atoms. The molecule has 1 N–H and O–H groups in total. The van der Waals surface area contributed by atoms with E-state index in [9.17, 15) is 10.0 Å². The summed E-state index contributed by atoms with van der Waals surface area (Å²) in [7, 11) is 0. The average molecular weight is 426 g/mol. The van der Waals surface area contributed by atoms with Crippen LogP contribution in [0.3, 0.4) is 0 Å². The van der Waals surface area contributed by atoms with Crippen molar-refractivity contribution in [1.82, 2.24) is 10.3 Å². The van der Waals surface area contributed by atoms with Crippen molar-refractivity contribution < 1.29 is 13.9 Å². The molecule has 4 aromatic rings. The number of amides is 1. The Bertz CT molecular complexity index is 1190. The van der Waals surface area contributed by atoms with E-state index in [1.54, 1.807) is 31.2 Å². The maximum atomic E-state index is 12.8. The molecule has 0 spiro atoms. The summed E-state index contributed by atoms with van der Waals surface area (Å²) >= 11 is 3.54. The van der Waals surface area contributed by atoms with Crippen LogP contribution in [0.1, 0.15) is 34.9 Å². The SMILES string of the molecule is Cc1c(C(=O)NC(C)c2oc3ccccc3c2Br)nc2ccccc2[n+]1[O-]. The lowest BCUT2D eigenvalue weighted by molar-refractivity contribution is -0.584. The number of furan rings is 1. The van der Waals surface area contributed by atoms with E-state index in [-0.39, 0.29) is 11.4 Å². The number of fused-ring (bicyclic) bond motifs is 2. The number of aromatic nitrogens is 2. The highest BCUT2D eigenvalue weighted by atomic mass is 79.9. The van der Waals surface area contributed by atoms with Gasteiger partial charge in [-0.25, -0.2) is 4.98 Å². The van der Waals surface area contributed by atoms with Gasteiger partial charge in [0, 0.05) is 18.4 Å². The number of hydrogen-bond acceptors (Lipinski definition) is 4. The quantitative estimate of drug-likeness (QED) is 0.394. The van der Waals surface area contributed by atoms with Gasteiger partial charge in [-0.15, -0.1) is 0 Å². The molecule has 2 aromatic carbocycles. The Kier molecular flexibility index (Phi) is 4.31. The first-order valence-electron chi connectivity index (χ1n) is 8.44. The van der Waals surface area contributed by atoms with E-state index >= 15 is 0 Å². The number of benzene rings is 2. The van der Waals surface area contributed by atoms with Gasteiger partial charge in [0.05, 0.1) is 10.5 Å². The Labute approximate surface area is 163 Å². The molecule has 0 aliphatic carbocycles. The number of nitrogens with zero attached hydrogens (tertiary/aromatic N) is 2. The van der Waals surface area contributed by atoms with Crippen LogP contribution < -0.4 is 10.0 Å². The number of carbonyl (C=O) groups excluding carboxylic acids is 1. The molecule has 0 saturated carbocycles. The normalized spacial score (nSPS) is 12.4. The van der Waals surface area contributed by atoms with Crippen LogP contribution in [0.4, 0.5) is 0 Å². The van der Waals surface area contributed by atoms with Crippen LogP contribution in [-0.4, -0.2) is 10.9 Å². The summed E-state index contributed by atoms with van der Waals surface area (Å²) in [6.07, 6.45) is 0. The number of carbonyl (C=O) groups is 1. The van der Waals surface area contributed by atoms with Gasteiger partial charge in [-0.1, -0.05) is 24.3 Å². The van der Waals surface area contributed by atoms with Gasteiger partial charge in [-0.05, 0) is 41.1 Å². The van der Waals surface area contributed by atoms with E-state index in [0.717, 1.165) is 20.2 Å². The van der Waals surface area contributed by atoms with Crippen molar-refractivity contribution in [3.63, 3.8) is 0 Å². The number of halogens is 1. The Morgan fingerprint density at radius 2 is 1.93 bits per heavy atom. The highest BCUT2D eigenvalue weighted by Crippen LogP contribution is 2.34. The number of rotatable bonds is 3. The molecule has 6 nitrogen and oxygen atoms in total. The Morgan fingerprint density at radius 1 is 1.22 bits per heavy atom. The molecule has 4 rings (SSSR count). The second kappa shape index (κ2) is 6.66. The topological polar surface area (TPSA) is 82.1 Å². The number of hydrogen-bond donors (Lipinski definition) is 1. The van der Waals surface area contributed by atoms with Crippen molar-refractivity contribution in [2.45, 2.75) is 19.9 Å². The molecule has 0 fully saturated rings. The van der Waals surface area contributed by atoms with Crippen molar-refractivity contribution in [2.24, 2.45) is 0 Å². The predicted octanol–water partition coefficient (Wildman–Crippen LogP) is 4.18. The minimum absolute atomic E-state index is 0.0998. The third-order valence-electron chi connectivity index (χ3n) is 4.50.